The van der Waals surface area contributed by atoms with Gasteiger partial charge in [0.2, 0.25) is 0 Å². The molecule has 0 bridgehead atoms. The van der Waals surface area contributed by atoms with Crippen LogP contribution in [0.5, 0.6) is 0 Å². The second-order valence-electron chi connectivity index (χ2n) is 3.79. The van der Waals surface area contributed by atoms with Gasteiger partial charge in [-0.15, -0.1) is 0 Å². The van der Waals surface area contributed by atoms with Crippen molar-refractivity contribution in [3.05, 3.63) is 30.2 Å². The predicted octanol–water partition coefficient (Wildman–Crippen LogP) is 3.12. The summed E-state index contributed by atoms with van der Waals surface area (Å²) in [5.41, 5.74) is 0.674. The van der Waals surface area contributed by atoms with E-state index in [0.717, 1.165) is 6.42 Å². The topological polar surface area (TPSA) is 39.1 Å². The summed E-state index contributed by atoms with van der Waals surface area (Å²) in [5, 5.41) is 0.327. The van der Waals surface area contributed by atoms with Gasteiger partial charge in [-0.25, -0.2) is 12.8 Å². The van der Waals surface area contributed by atoms with Gasteiger partial charge in [-0.1, -0.05) is 6.92 Å². The molecule has 0 saturated heterocycles. The predicted molar refractivity (Wildman–Crippen MR) is 65.2 cm³/mol. The van der Waals surface area contributed by atoms with Crippen LogP contribution in [0.3, 0.4) is 0 Å². The van der Waals surface area contributed by atoms with Crippen LogP contribution >= 0.6 is 10.7 Å². The number of aromatic nitrogens is 1. The zero-order chi connectivity index (χ0) is 12.6. The van der Waals surface area contributed by atoms with E-state index in [4.69, 9.17) is 10.7 Å². The van der Waals surface area contributed by atoms with Crippen molar-refractivity contribution in [2.45, 2.75) is 24.8 Å². The van der Waals surface area contributed by atoms with E-state index in [1.807, 2.05) is 6.92 Å². The number of aryl methyl sites for hydroxylation is 1. The second-order valence-corrected chi connectivity index (χ2v) is 6.32. The molecule has 1 heterocycles. The summed E-state index contributed by atoms with van der Waals surface area (Å²) in [4.78, 5) is -0.0397. The third kappa shape index (κ3) is 2.30. The molecule has 6 heteroatoms. The molecule has 0 N–H and O–H groups in total. The third-order valence-electron chi connectivity index (χ3n) is 2.53. The second kappa shape index (κ2) is 4.31. The van der Waals surface area contributed by atoms with E-state index in [9.17, 15) is 12.8 Å². The van der Waals surface area contributed by atoms with Crippen LogP contribution in [0.4, 0.5) is 4.39 Å². The Morgan fingerprint density at radius 2 is 2.12 bits per heavy atom. The van der Waals surface area contributed by atoms with Crippen molar-refractivity contribution >= 4 is 30.6 Å². The first kappa shape index (κ1) is 12.4. The Morgan fingerprint density at radius 3 is 2.71 bits per heavy atom. The van der Waals surface area contributed by atoms with E-state index < -0.39 is 14.9 Å². The summed E-state index contributed by atoms with van der Waals surface area (Å²) < 4.78 is 37.7. The number of fused-ring (bicyclic) bond motifs is 1. The van der Waals surface area contributed by atoms with Gasteiger partial charge in [-0.2, -0.15) is 0 Å². The van der Waals surface area contributed by atoms with Crippen LogP contribution in [0, 0.1) is 5.82 Å². The molecule has 0 spiro atoms. The SMILES string of the molecule is CCCn1cc(S(=O)(=O)Cl)c2cc(F)ccc21. The van der Waals surface area contributed by atoms with Gasteiger partial charge in [-0.3, -0.25) is 0 Å². The molecule has 0 aliphatic heterocycles. The van der Waals surface area contributed by atoms with Gasteiger partial charge in [0.05, 0.1) is 0 Å². The molecule has 2 aromatic rings. The van der Waals surface area contributed by atoms with Gasteiger partial charge in [0.15, 0.2) is 0 Å². The fraction of sp³-hybridized carbons (Fsp3) is 0.273. The van der Waals surface area contributed by atoms with E-state index in [1.165, 1.54) is 18.3 Å². The van der Waals surface area contributed by atoms with Gasteiger partial charge < -0.3 is 4.57 Å². The Balaban J connectivity index is 2.80. The molecule has 0 aliphatic rings. The molecule has 0 radical (unpaired) electrons. The molecule has 0 aliphatic carbocycles. The van der Waals surface area contributed by atoms with Gasteiger partial charge in [0.25, 0.3) is 9.05 Å². The Hall–Kier alpha value is -1.07. The lowest BCUT2D eigenvalue weighted by atomic mass is 10.2. The highest BCUT2D eigenvalue weighted by Gasteiger charge is 2.18. The average Bonchev–Trinajstić information content (AvgIpc) is 2.56. The van der Waals surface area contributed by atoms with E-state index in [-0.39, 0.29) is 4.90 Å². The quantitative estimate of drug-likeness (QED) is 0.808. The number of benzene rings is 1. The zero-order valence-corrected chi connectivity index (χ0v) is 10.7. The van der Waals surface area contributed by atoms with Gasteiger partial charge in [-0.05, 0) is 24.6 Å². The maximum absolute atomic E-state index is 13.2. The highest BCUT2D eigenvalue weighted by molar-refractivity contribution is 8.14. The number of hydrogen-bond donors (Lipinski definition) is 0. The van der Waals surface area contributed by atoms with Crippen molar-refractivity contribution in [2.24, 2.45) is 0 Å². The largest absolute Gasteiger partial charge is 0.346 e. The minimum atomic E-state index is -3.86. The smallest absolute Gasteiger partial charge is 0.263 e. The maximum atomic E-state index is 13.2. The molecular formula is C11H11ClFNO2S. The fourth-order valence-electron chi connectivity index (χ4n) is 1.86. The number of rotatable bonds is 3. The van der Waals surface area contributed by atoms with Crippen LogP contribution in [-0.4, -0.2) is 13.0 Å². The molecule has 0 unspecified atom stereocenters. The molecule has 0 saturated carbocycles. The first-order chi connectivity index (χ1) is 7.93. The Morgan fingerprint density at radius 1 is 1.41 bits per heavy atom. The van der Waals surface area contributed by atoms with Crippen LogP contribution in [-0.2, 0) is 15.6 Å². The standard InChI is InChI=1S/C11H11ClFNO2S/c1-2-5-14-7-11(17(12,15)16)9-6-8(13)3-4-10(9)14/h3-4,6-7H,2,5H2,1H3. The Bertz CT molecular complexity index is 663. The summed E-state index contributed by atoms with van der Waals surface area (Å²) in [5.74, 6) is -0.478. The van der Waals surface area contributed by atoms with Gasteiger partial charge in [0, 0.05) is 34.3 Å². The summed E-state index contributed by atoms with van der Waals surface area (Å²) in [7, 11) is 1.48. The monoisotopic (exact) mass is 275 g/mol. The van der Waals surface area contributed by atoms with Crippen molar-refractivity contribution in [2.75, 3.05) is 0 Å². The van der Waals surface area contributed by atoms with Crippen molar-refractivity contribution in [1.82, 2.24) is 4.57 Å². The molecular weight excluding hydrogens is 265 g/mol. The lowest BCUT2D eigenvalue weighted by Crippen LogP contribution is -1.94. The molecule has 0 amide bonds. The molecule has 0 fully saturated rings. The van der Waals surface area contributed by atoms with E-state index in [2.05, 4.69) is 0 Å². The highest BCUT2D eigenvalue weighted by Crippen LogP contribution is 2.28. The van der Waals surface area contributed by atoms with Crippen molar-refractivity contribution in [3.8, 4) is 0 Å². The molecule has 0 atom stereocenters. The van der Waals surface area contributed by atoms with Crippen LogP contribution in [0.15, 0.2) is 29.3 Å². The number of hydrogen-bond acceptors (Lipinski definition) is 2. The lowest BCUT2D eigenvalue weighted by Gasteiger charge is -2.01. The Labute approximate surface area is 103 Å². The first-order valence-electron chi connectivity index (χ1n) is 5.16. The van der Waals surface area contributed by atoms with Crippen LogP contribution < -0.4 is 0 Å². The van der Waals surface area contributed by atoms with Gasteiger partial charge in [0.1, 0.15) is 10.7 Å². The van der Waals surface area contributed by atoms with E-state index in [1.54, 1.807) is 10.6 Å². The molecule has 2 rings (SSSR count). The van der Waals surface area contributed by atoms with E-state index >= 15 is 0 Å². The van der Waals surface area contributed by atoms with Crippen LogP contribution in [0.2, 0.25) is 0 Å². The molecule has 1 aromatic carbocycles. The molecule has 17 heavy (non-hydrogen) atoms. The number of halogens is 2. The fourth-order valence-corrected chi connectivity index (χ4v) is 2.91. The molecule has 1 aromatic heterocycles. The summed E-state index contributed by atoms with van der Waals surface area (Å²) in [6.45, 7) is 2.64. The molecule has 92 valence electrons. The summed E-state index contributed by atoms with van der Waals surface area (Å²) >= 11 is 0. The van der Waals surface area contributed by atoms with Gasteiger partial charge >= 0.3 is 0 Å². The summed E-state index contributed by atoms with van der Waals surface area (Å²) in [6.07, 6.45) is 2.30. The minimum Gasteiger partial charge on any atom is -0.346 e. The number of nitrogens with zero attached hydrogens (tertiary/aromatic N) is 1. The summed E-state index contributed by atoms with van der Waals surface area (Å²) in [6, 6.07) is 4.06. The minimum absolute atomic E-state index is 0.0397. The van der Waals surface area contributed by atoms with Crippen molar-refractivity contribution < 1.29 is 12.8 Å². The van der Waals surface area contributed by atoms with Crippen LogP contribution in [0.25, 0.3) is 10.9 Å². The third-order valence-corrected chi connectivity index (χ3v) is 3.88. The highest BCUT2D eigenvalue weighted by atomic mass is 35.7. The first-order valence-corrected chi connectivity index (χ1v) is 7.47. The van der Waals surface area contributed by atoms with Crippen molar-refractivity contribution in [1.29, 1.82) is 0 Å². The normalized spacial score (nSPS) is 12.2. The van der Waals surface area contributed by atoms with Crippen molar-refractivity contribution in [3.63, 3.8) is 0 Å². The lowest BCUT2D eigenvalue weighted by molar-refractivity contribution is 0.609. The zero-order valence-electron chi connectivity index (χ0n) is 9.15. The van der Waals surface area contributed by atoms with Crippen LogP contribution in [0.1, 0.15) is 13.3 Å². The molecule has 3 nitrogen and oxygen atoms in total. The Kier molecular flexibility index (Phi) is 3.14. The maximum Gasteiger partial charge on any atom is 0.263 e. The average molecular weight is 276 g/mol. The van der Waals surface area contributed by atoms with E-state index in [0.29, 0.717) is 17.4 Å².